The summed E-state index contributed by atoms with van der Waals surface area (Å²) < 4.78 is 0. The largest absolute Gasteiger partial charge is 0.356 e. The number of nitrogens with one attached hydrogen (secondary N) is 3. The molecule has 0 aliphatic rings. The molecule has 0 spiro atoms. The van der Waals surface area contributed by atoms with Gasteiger partial charge in [-0.05, 0) is 35.6 Å². The lowest BCUT2D eigenvalue weighted by Gasteiger charge is -2.13. The Morgan fingerprint density at radius 1 is 1.07 bits per heavy atom. The molecule has 0 unspecified atom stereocenters. The summed E-state index contributed by atoms with van der Waals surface area (Å²) in [4.78, 5) is 20.5. The number of nitrogens with zero attached hydrogens (tertiary/aromatic N) is 2. The van der Waals surface area contributed by atoms with Crippen molar-refractivity contribution in [2.45, 2.75) is 13.0 Å². The Morgan fingerprint density at radius 2 is 1.90 bits per heavy atom. The molecule has 0 aliphatic carbocycles. The topological polar surface area (TPSA) is 78.4 Å². The molecule has 1 amide bonds. The van der Waals surface area contributed by atoms with E-state index in [1.807, 2.05) is 48.7 Å². The molecular formula is C22H26IN5O. The number of pyridine rings is 1. The molecule has 7 heteroatoms. The van der Waals surface area contributed by atoms with Crippen molar-refractivity contribution in [1.29, 1.82) is 0 Å². The van der Waals surface area contributed by atoms with E-state index >= 15 is 0 Å². The maximum atomic E-state index is 11.7. The third-order valence-electron chi connectivity index (χ3n) is 4.53. The van der Waals surface area contributed by atoms with Crippen molar-refractivity contribution in [3.63, 3.8) is 0 Å². The Balaban J connectivity index is 0.00000300. The van der Waals surface area contributed by atoms with E-state index in [1.165, 1.54) is 5.39 Å². The van der Waals surface area contributed by atoms with Gasteiger partial charge < -0.3 is 16.0 Å². The highest BCUT2D eigenvalue weighted by atomic mass is 127. The molecule has 29 heavy (non-hydrogen) atoms. The molecule has 3 N–H and O–H groups in total. The van der Waals surface area contributed by atoms with Gasteiger partial charge in [-0.3, -0.25) is 14.8 Å². The molecule has 0 atom stereocenters. The Labute approximate surface area is 188 Å². The zero-order chi connectivity index (χ0) is 19.8. The molecule has 0 aliphatic heterocycles. The van der Waals surface area contributed by atoms with E-state index in [0.717, 1.165) is 29.0 Å². The summed E-state index contributed by atoms with van der Waals surface area (Å²) in [6.45, 7) is 1.30. The maximum Gasteiger partial charge on any atom is 0.251 e. The second-order valence-electron chi connectivity index (χ2n) is 6.36. The van der Waals surface area contributed by atoms with Crippen molar-refractivity contribution in [3.8, 4) is 0 Å². The number of aliphatic imine (C=N–C) groups is 1. The van der Waals surface area contributed by atoms with Gasteiger partial charge in [-0.1, -0.05) is 36.4 Å². The van der Waals surface area contributed by atoms with Crippen LogP contribution in [0.25, 0.3) is 10.8 Å². The zero-order valence-corrected chi connectivity index (χ0v) is 18.9. The number of hydrogen-bond donors (Lipinski definition) is 3. The number of carbonyl (C=O) groups is 1. The summed E-state index contributed by atoms with van der Waals surface area (Å²) in [5, 5.41) is 11.6. The molecule has 3 rings (SSSR count). The van der Waals surface area contributed by atoms with Crippen molar-refractivity contribution >= 4 is 46.6 Å². The molecule has 0 saturated heterocycles. The highest BCUT2D eigenvalue weighted by Gasteiger charge is 2.05. The number of rotatable bonds is 6. The van der Waals surface area contributed by atoms with E-state index in [1.54, 1.807) is 14.1 Å². The van der Waals surface area contributed by atoms with Crippen LogP contribution in [-0.4, -0.2) is 37.5 Å². The Morgan fingerprint density at radius 3 is 2.69 bits per heavy atom. The van der Waals surface area contributed by atoms with Crippen molar-refractivity contribution in [3.05, 3.63) is 77.6 Å². The van der Waals surface area contributed by atoms with Gasteiger partial charge in [0.25, 0.3) is 5.91 Å². The predicted molar refractivity (Wildman–Crippen MR) is 129 cm³/mol. The van der Waals surface area contributed by atoms with Crippen LogP contribution in [0.4, 0.5) is 0 Å². The summed E-state index contributed by atoms with van der Waals surface area (Å²) in [5.41, 5.74) is 2.75. The van der Waals surface area contributed by atoms with E-state index in [2.05, 4.69) is 38.1 Å². The number of aromatic nitrogens is 1. The molecule has 152 valence electrons. The van der Waals surface area contributed by atoms with E-state index in [9.17, 15) is 4.79 Å². The van der Waals surface area contributed by atoms with Gasteiger partial charge in [0.15, 0.2) is 5.96 Å². The van der Waals surface area contributed by atoms with Gasteiger partial charge >= 0.3 is 0 Å². The predicted octanol–water partition coefficient (Wildman–Crippen LogP) is 3.12. The number of hydrogen-bond acceptors (Lipinski definition) is 3. The number of benzene rings is 2. The lowest BCUT2D eigenvalue weighted by Crippen LogP contribution is -2.38. The van der Waals surface area contributed by atoms with Crippen LogP contribution in [0.3, 0.4) is 0 Å². The van der Waals surface area contributed by atoms with Gasteiger partial charge in [0.05, 0.1) is 12.2 Å². The number of fused-ring (bicyclic) bond motifs is 1. The highest BCUT2D eigenvalue weighted by molar-refractivity contribution is 14.0. The van der Waals surface area contributed by atoms with E-state index in [4.69, 9.17) is 0 Å². The molecular weight excluding hydrogens is 477 g/mol. The van der Waals surface area contributed by atoms with Crippen LogP contribution in [0.15, 0.2) is 65.8 Å². The van der Waals surface area contributed by atoms with Crippen LogP contribution in [0, 0.1) is 0 Å². The minimum Gasteiger partial charge on any atom is -0.356 e. The molecule has 1 heterocycles. The molecule has 0 fully saturated rings. The van der Waals surface area contributed by atoms with Gasteiger partial charge in [0.2, 0.25) is 0 Å². The van der Waals surface area contributed by atoms with E-state index in [-0.39, 0.29) is 29.9 Å². The van der Waals surface area contributed by atoms with Crippen LogP contribution >= 0.6 is 24.0 Å². The molecule has 2 aromatic carbocycles. The van der Waals surface area contributed by atoms with E-state index < -0.39 is 0 Å². The molecule has 0 saturated carbocycles. The second kappa shape index (κ2) is 11.4. The second-order valence-corrected chi connectivity index (χ2v) is 6.36. The Kier molecular flexibility index (Phi) is 8.85. The molecule has 0 bridgehead atoms. The minimum absolute atomic E-state index is 0. The van der Waals surface area contributed by atoms with Gasteiger partial charge in [-0.2, -0.15) is 0 Å². The van der Waals surface area contributed by atoms with Crippen molar-refractivity contribution < 1.29 is 4.79 Å². The van der Waals surface area contributed by atoms with Gasteiger partial charge in [0.1, 0.15) is 0 Å². The van der Waals surface area contributed by atoms with Crippen LogP contribution in [0.5, 0.6) is 0 Å². The number of carbonyl (C=O) groups excluding carboxylic acids is 1. The fourth-order valence-corrected chi connectivity index (χ4v) is 3.05. The Hall–Kier alpha value is -2.68. The average Bonchev–Trinajstić information content (AvgIpc) is 2.75. The standard InChI is InChI=1S/C22H25N5O.HI/c1-23-21(28)18-8-5-6-16(14-18)10-12-26-22(24-2)27-15-20-19-9-4-3-7-17(19)11-13-25-20;/h3-9,11,13-14H,10,12,15H2,1-2H3,(H,23,28)(H2,24,26,27);1H. The highest BCUT2D eigenvalue weighted by Crippen LogP contribution is 2.15. The smallest absolute Gasteiger partial charge is 0.251 e. The lowest BCUT2D eigenvalue weighted by atomic mass is 10.1. The monoisotopic (exact) mass is 503 g/mol. The summed E-state index contributed by atoms with van der Waals surface area (Å²) in [5.74, 6) is 0.645. The first-order valence-electron chi connectivity index (χ1n) is 9.29. The molecule has 0 radical (unpaired) electrons. The lowest BCUT2D eigenvalue weighted by molar-refractivity contribution is 0.0963. The van der Waals surface area contributed by atoms with Crippen LogP contribution in [0.2, 0.25) is 0 Å². The first kappa shape index (κ1) is 22.6. The maximum absolute atomic E-state index is 11.7. The summed E-state index contributed by atoms with van der Waals surface area (Å²) >= 11 is 0. The van der Waals surface area contributed by atoms with E-state index in [0.29, 0.717) is 18.7 Å². The fourth-order valence-electron chi connectivity index (χ4n) is 3.05. The number of guanidine groups is 1. The molecule has 3 aromatic rings. The number of halogens is 1. The first-order chi connectivity index (χ1) is 13.7. The van der Waals surface area contributed by atoms with Crippen LogP contribution in [0.1, 0.15) is 21.6 Å². The summed E-state index contributed by atoms with van der Waals surface area (Å²) in [6.07, 6.45) is 2.62. The quantitative estimate of drug-likeness (QED) is 0.275. The minimum atomic E-state index is -0.0742. The third-order valence-corrected chi connectivity index (χ3v) is 4.53. The zero-order valence-electron chi connectivity index (χ0n) is 16.6. The molecule has 1 aromatic heterocycles. The third kappa shape index (κ3) is 6.15. The van der Waals surface area contributed by atoms with Gasteiger partial charge in [-0.25, -0.2) is 0 Å². The van der Waals surface area contributed by atoms with Gasteiger partial charge in [-0.15, -0.1) is 24.0 Å². The van der Waals surface area contributed by atoms with Crippen molar-refractivity contribution in [1.82, 2.24) is 20.9 Å². The van der Waals surface area contributed by atoms with Crippen molar-refractivity contribution in [2.75, 3.05) is 20.6 Å². The number of amides is 1. The fraction of sp³-hybridized carbons (Fsp3) is 0.227. The van der Waals surface area contributed by atoms with Gasteiger partial charge in [0, 0.05) is 37.8 Å². The summed E-state index contributed by atoms with van der Waals surface area (Å²) in [7, 11) is 3.38. The normalized spacial score (nSPS) is 10.9. The SMILES string of the molecule is CN=C(NCCc1cccc(C(=O)NC)c1)NCc1nccc2ccccc12.I. The Bertz CT molecular complexity index is 984. The first-order valence-corrected chi connectivity index (χ1v) is 9.29. The summed E-state index contributed by atoms with van der Waals surface area (Å²) in [6, 6.07) is 17.9. The molecule has 6 nitrogen and oxygen atoms in total. The van der Waals surface area contributed by atoms with Crippen molar-refractivity contribution in [2.24, 2.45) is 4.99 Å². The van der Waals surface area contributed by atoms with Crippen LogP contribution in [-0.2, 0) is 13.0 Å². The van der Waals surface area contributed by atoms with Crippen LogP contribution < -0.4 is 16.0 Å². The average molecular weight is 503 g/mol.